The summed E-state index contributed by atoms with van der Waals surface area (Å²) in [6, 6.07) is 2.05. The van der Waals surface area contributed by atoms with Crippen molar-refractivity contribution in [3.8, 4) is 0 Å². The molecule has 1 rings (SSSR count). The Hall–Kier alpha value is -0.840. The fourth-order valence-corrected chi connectivity index (χ4v) is 1.78. The second kappa shape index (κ2) is 7.48. The van der Waals surface area contributed by atoms with Crippen LogP contribution in [0.15, 0.2) is 10.5 Å². The molecule has 0 atom stereocenters. The van der Waals surface area contributed by atoms with Gasteiger partial charge in [0, 0.05) is 25.3 Å². The molecule has 0 saturated carbocycles. The highest BCUT2D eigenvalue weighted by molar-refractivity contribution is 5.20. The van der Waals surface area contributed by atoms with Gasteiger partial charge in [-0.15, -0.1) is 0 Å². The lowest BCUT2D eigenvalue weighted by atomic mass is 10.2. The molecule has 1 aromatic rings. The maximum Gasteiger partial charge on any atom is 0.118 e. The lowest BCUT2D eigenvalue weighted by Crippen LogP contribution is -2.26. The predicted octanol–water partition coefficient (Wildman–Crippen LogP) is 1.91. The standard InChI is InChI=1S/C13H24N2O2/c1-4-15(6-7-16-5-2)10-13-8-12(9-14)11(3)17-13/h8H,4-7,9-10,14H2,1-3H3. The number of furan rings is 1. The van der Waals surface area contributed by atoms with E-state index in [1.54, 1.807) is 0 Å². The van der Waals surface area contributed by atoms with Gasteiger partial charge in [0.1, 0.15) is 11.5 Å². The average molecular weight is 240 g/mol. The molecule has 0 amide bonds. The van der Waals surface area contributed by atoms with E-state index < -0.39 is 0 Å². The Labute approximate surface area is 104 Å². The molecule has 4 heteroatoms. The van der Waals surface area contributed by atoms with Crippen molar-refractivity contribution in [2.24, 2.45) is 5.73 Å². The first kappa shape index (κ1) is 14.2. The van der Waals surface area contributed by atoms with Gasteiger partial charge in [-0.25, -0.2) is 0 Å². The molecule has 98 valence electrons. The van der Waals surface area contributed by atoms with Gasteiger partial charge in [0.25, 0.3) is 0 Å². The Balaban J connectivity index is 2.48. The fourth-order valence-electron chi connectivity index (χ4n) is 1.78. The molecule has 1 aromatic heterocycles. The molecule has 0 bridgehead atoms. The number of hydrogen-bond acceptors (Lipinski definition) is 4. The molecule has 0 spiro atoms. The number of nitrogens with two attached hydrogens (primary N) is 1. The minimum atomic E-state index is 0.542. The van der Waals surface area contributed by atoms with Crippen LogP contribution in [0.4, 0.5) is 0 Å². The molecular formula is C13H24N2O2. The van der Waals surface area contributed by atoms with Crippen LogP contribution in [0, 0.1) is 6.92 Å². The zero-order valence-electron chi connectivity index (χ0n) is 11.2. The topological polar surface area (TPSA) is 51.6 Å². The van der Waals surface area contributed by atoms with Crippen LogP contribution in [-0.2, 0) is 17.8 Å². The number of aryl methyl sites for hydroxylation is 1. The van der Waals surface area contributed by atoms with Crippen molar-refractivity contribution in [3.05, 3.63) is 23.2 Å². The Kier molecular flexibility index (Phi) is 6.26. The molecule has 0 radical (unpaired) electrons. The number of ether oxygens (including phenoxy) is 1. The van der Waals surface area contributed by atoms with Crippen LogP contribution in [0.3, 0.4) is 0 Å². The summed E-state index contributed by atoms with van der Waals surface area (Å²) < 4.78 is 11.0. The van der Waals surface area contributed by atoms with Crippen molar-refractivity contribution in [3.63, 3.8) is 0 Å². The molecular weight excluding hydrogens is 216 g/mol. The third kappa shape index (κ3) is 4.50. The summed E-state index contributed by atoms with van der Waals surface area (Å²) in [6.45, 7) is 11.0. The third-order valence-corrected chi connectivity index (χ3v) is 2.87. The summed E-state index contributed by atoms with van der Waals surface area (Å²) in [5, 5.41) is 0. The molecule has 1 heterocycles. The largest absolute Gasteiger partial charge is 0.465 e. The van der Waals surface area contributed by atoms with Crippen LogP contribution < -0.4 is 5.73 Å². The normalized spacial score (nSPS) is 11.4. The van der Waals surface area contributed by atoms with Crippen LogP contribution in [0.2, 0.25) is 0 Å². The van der Waals surface area contributed by atoms with Gasteiger partial charge in [0.15, 0.2) is 0 Å². The molecule has 0 aromatic carbocycles. The molecule has 2 N–H and O–H groups in total. The van der Waals surface area contributed by atoms with E-state index in [0.29, 0.717) is 6.54 Å². The van der Waals surface area contributed by atoms with Gasteiger partial charge in [-0.3, -0.25) is 4.90 Å². The van der Waals surface area contributed by atoms with E-state index in [1.165, 1.54) is 0 Å². The first-order valence-electron chi connectivity index (χ1n) is 6.29. The lowest BCUT2D eigenvalue weighted by Gasteiger charge is -2.18. The van der Waals surface area contributed by atoms with Gasteiger partial charge < -0.3 is 14.9 Å². The highest BCUT2D eigenvalue weighted by Crippen LogP contribution is 2.15. The van der Waals surface area contributed by atoms with Gasteiger partial charge in [0.2, 0.25) is 0 Å². The number of likely N-dealkylation sites (N-methyl/N-ethyl adjacent to an activating group) is 1. The number of nitrogens with zero attached hydrogens (tertiary/aromatic N) is 1. The van der Waals surface area contributed by atoms with Crippen molar-refractivity contribution in [2.75, 3.05) is 26.3 Å². The Bertz CT molecular complexity index is 323. The summed E-state index contributed by atoms with van der Waals surface area (Å²) in [5.41, 5.74) is 6.73. The van der Waals surface area contributed by atoms with E-state index in [4.69, 9.17) is 14.9 Å². The Morgan fingerprint density at radius 1 is 1.41 bits per heavy atom. The summed E-state index contributed by atoms with van der Waals surface area (Å²) in [6.07, 6.45) is 0. The molecule has 0 aliphatic heterocycles. The smallest absolute Gasteiger partial charge is 0.118 e. The second-order valence-electron chi connectivity index (χ2n) is 4.06. The zero-order valence-corrected chi connectivity index (χ0v) is 11.2. The molecule has 0 saturated heterocycles. The minimum Gasteiger partial charge on any atom is -0.465 e. The number of rotatable bonds is 8. The Morgan fingerprint density at radius 3 is 2.71 bits per heavy atom. The van der Waals surface area contributed by atoms with Crippen LogP contribution >= 0.6 is 0 Å². The lowest BCUT2D eigenvalue weighted by molar-refractivity contribution is 0.110. The van der Waals surface area contributed by atoms with Crippen LogP contribution in [-0.4, -0.2) is 31.2 Å². The van der Waals surface area contributed by atoms with Gasteiger partial charge >= 0.3 is 0 Å². The molecule has 0 aliphatic carbocycles. The SMILES string of the molecule is CCOCCN(CC)Cc1cc(CN)c(C)o1. The van der Waals surface area contributed by atoms with Crippen LogP contribution in [0.5, 0.6) is 0 Å². The predicted molar refractivity (Wildman–Crippen MR) is 68.8 cm³/mol. The van der Waals surface area contributed by atoms with Crippen molar-refractivity contribution in [1.29, 1.82) is 0 Å². The maximum absolute atomic E-state index is 5.68. The van der Waals surface area contributed by atoms with E-state index in [1.807, 2.05) is 13.8 Å². The summed E-state index contributed by atoms with van der Waals surface area (Å²) in [4.78, 5) is 2.30. The van der Waals surface area contributed by atoms with Gasteiger partial charge in [0.05, 0.1) is 13.2 Å². The highest BCUT2D eigenvalue weighted by atomic mass is 16.5. The molecule has 4 nitrogen and oxygen atoms in total. The van der Waals surface area contributed by atoms with Gasteiger partial charge in [-0.05, 0) is 26.5 Å². The van der Waals surface area contributed by atoms with Crippen molar-refractivity contribution in [1.82, 2.24) is 4.90 Å². The minimum absolute atomic E-state index is 0.542. The Morgan fingerprint density at radius 2 is 2.18 bits per heavy atom. The van der Waals surface area contributed by atoms with E-state index >= 15 is 0 Å². The quantitative estimate of drug-likeness (QED) is 0.705. The number of hydrogen-bond donors (Lipinski definition) is 1. The second-order valence-corrected chi connectivity index (χ2v) is 4.06. The van der Waals surface area contributed by atoms with Crippen LogP contribution in [0.25, 0.3) is 0 Å². The van der Waals surface area contributed by atoms with E-state index in [9.17, 15) is 0 Å². The first-order valence-corrected chi connectivity index (χ1v) is 6.29. The highest BCUT2D eigenvalue weighted by Gasteiger charge is 2.09. The van der Waals surface area contributed by atoms with E-state index in [0.717, 1.165) is 49.9 Å². The monoisotopic (exact) mass is 240 g/mol. The third-order valence-electron chi connectivity index (χ3n) is 2.87. The van der Waals surface area contributed by atoms with Crippen LogP contribution in [0.1, 0.15) is 30.9 Å². The fraction of sp³-hybridized carbons (Fsp3) is 0.692. The van der Waals surface area contributed by atoms with Crippen molar-refractivity contribution < 1.29 is 9.15 Å². The molecule has 0 fully saturated rings. The van der Waals surface area contributed by atoms with E-state index in [2.05, 4.69) is 17.9 Å². The molecule has 0 aliphatic rings. The maximum atomic E-state index is 5.68. The van der Waals surface area contributed by atoms with Crippen molar-refractivity contribution in [2.45, 2.75) is 33.9 Å². The molecule has 0 unspecified atom stereocenters. The summed E-state index contributed by atoms with van der Waals surface area (Å²) >= 11 is 0. The van der Waals surface area contributed by atoms with Crippen molar-refractivity contribution >= 4 is 0 Å². The average Bonchev–Trinajstić information content (AvgIpc) is 2.68. The van der Waals surface area contributed by atoms with Gasteiger partial charge in [-0.1, -0.05) is 6.92 Å². The summed E-state index contributed by atoms with van der Waals surface area (Å²) in [7, 11) is 0. The van der Waals surface area contributed by atoms with Gasteiger partial charge in [-0.2, -0.15) is 0 Å². The first-order chi connectivity index (χ1) is 8.21. The zero-order chi connectivity index (χ0) is 12.7. The molecule has 17 heavy (non-hydrogen) atoms. The summed E-state index contributed by atoms with van der Waals surface area (Å²) in [5.74, 6) is 1.92. The van der Waals surface area contributed by atoms with E-state index in [-0.39, 0.29) is 0 Å².